The molecule has 0 spiro atoms. The first-order valence-electron chi connectivity index (χ1n) is 10.2. The monoisotopic (exact) mass is 501 g/mol. The molecule has 34 heavy (non-hydrogen) atoms. The van der Waals surface area contributed by atoms with Gasteiger partial charge < -0.3 is 9.84 Å². The van der Waals surface area contributed by atoms with Crippen LogP contribution in [0, 0.1) is 11.6 Å². The van der Waals surface area contributed by atoms with E-state index in [1.807, 2.05) is 30.3 Å². The third-order valence-electron chi connectivity index (χ3n) is 5.18. The molecular weight excluding hydrogens is 480 g/mol. The number of methoxy groups -OCH3 is 1. The molecule has 7 nitrogen and oxygen atoms in total. The number of hydrogen-bond acceptors (Lipinski definition) is 8. The number of halogens is 2. The maximum Gasteiger partial charge on any atom is 0.170 e. The molecule has 0 aliphatic heterocycles. The highest BCUT2D eigenvalue weighted by molar-refractivity contribution is 8.01. The zero-order valence-electron chi connectivity index (χ0n) is 18.3. The van der Waals surface area contributed by atoms with Crippen molar-refractivity contribution in [1.82, 2.24) is 24.1 Å². The van der Waals surface area contributed by atoms with Crippen LogP contribution in [0.15, 0.2) is 59.5 Å². The fourth-order valence-corrected chi connectivity index (χ4v) is 5.27. The summed E-state index contributed by atoms with van der Waals surface area (Å²) in [4.78, 5) is 8.38. The summed E-state index contributed by atoms with van der Waals surface area (Å²) in [6.07, 6.45) is 6.42. The maximum absolute atomic E-state index is 14.7. The third kappa shape index (κ3) is 5.49. The Kier molecular flexibility index (Phi) is 7.35. The second-order valence-corrected chi connectivity index (χ2v) is 9.77. The van der Waals surface area contributed by atoms with E-state index in [0.717, 1.165) is 23.4 Å². The van der Waals surface area contributed by atoms with E-state index in [2.05, 4.69) is 19.4 Å². The lowest BCUT2D eigenvalue weighted by atomic mass is 9.90. The van der Waals surface area contributed by atoms with Crippen molar-refractivity contribution in [2.75, 3.05) is 7.11 Å². The van der Waals surface area contributed by atoms with E-state index in [1.165, 1.54) is 46.7 Å². The SMILES string of the molecule is COc1ccc(/C=C/c2nsc(SC(C)C(O)(Cn3cncn3)c3ccc(F)cc3F)n2)cc1. The predicted molar refractivity (Wildman–Crippen MR) is 127 cm³/mol. The Hall–Kier alpha value is -3.15. The molecule has 2 heterocycles. The molecule has 2 aromatic heterocycles. The Balaban J connectivity index is 1.54. The van der Waals surface area contributed by atoms with Gasteiger partial charge in [-0.15, -0.1) is 0 Å². The van der Waals surface area contributed by atoms with Gasteiger partial charge in [0.05, 0.1) is 13.7 Å². The van der Waals surface area contributed by atoms with Crippen LogP contribution in [0.5, 0.6) is 5.75 Å². The second kappa shape index (κ2) is 10.4. The van der Waals surface area contributed by atoms with E-state index in [-0.39, 0.29) is 12.1 Å². The van der Waals surface area contributed by atoms with Crippen LogP contribution in [0.2, 0.25) is 0 Å². The maximum atomic E-state index is 14.7. The van der Waals surface area contributed by atoms with Crippen LogP contribution in [0.3, 0.4) is 0 Å². The molecule has 11 heteroatoms. The van der Waals surface area contributed by atoms with Crippen molar-refractivity contribution < 1.29 is 18.6 Å². The molecule has 1 N–H and O–H groups in total. The number of nitrogens with zero attached hydrogens (tertiary/aromatic N) is 5. The highest BCUT2D eigenvalue weighted by atomic mass is 32.2. The van der Waals surface area contributed by atoms with Gasteiger partial charge in [-0.25, -0.2) is 23.4 Å². The highest BCUT2D eigenvalue weighted by Crippen LogP contribution is 2.39. The first kappa shape index (κ1) is 24.0. The lowest BCUT2D eigenvalue weighted by Gasteiger charge is -2.33. The molecule has 4 aromatic rings. The van der Waals surface area contributed by atoms with Crippen LogP contribution in [0.1, 0.15) is 23.9 Å². The van der Waals surface area contributed by atoms with Crippen LogP contribution in [0.25, 0.3) is 12.2 Å². The van der Waals surface area contributed by atoms with Crippen molar-refractivity contribution in [3.63, 3.8) is 0 Å². The molecule has 0 amide bonds. The summed E-state index contributed by atoms with van der Waals surface area (Å²) in [5, 5.41) is 15.1. The predicted octanol–water partition coefficient (Wildman–Crippen LogP) is 4.66. The molecular formula is C23H21F2N5O2S2. The Morgan fingerprint density at radius 2 is 2.00 bits per heavy atom. The standard InChI is InChI=1S/C23H21F2N5O2S2/c1-15(23(31,12-30-14-26-13-27-30)19-9-6-17(24)11-20(19)25)33-22-28-21(29-34-22)10-5-16-3-7-18(32-2)8-4-16/h3-11,13-15,31H,12H2,1-2H3/b10-5+. The van der Waals surface area contributed by atoms with Gasteiger partial charge in [0.2, 0.25) is 0 Å². The van der Waals surface area contributed by atoms with E-state index in [0.29, 0.717) is 10.2 Å². The molecule has 0 fully saturated rings. The molecule has 2 aromatic carbocycles. The summed E-state index contributed by atoms with van der Waals surface area (Å²) < 4.78 is 39.7. The van der Waals surface area contributed by atoms with E-state index in [4.69, 9.17) is 4.74 Å². The topological polar surface area (TPSA) is 86.0 Å². The minimum absolute atomic E-state index is 0.0338. The largest absolute Gasteiger partial charge is 0.497 e. The molecule has 2 unspecified atom stereocenters. The van der Waals surface area contributed by atoms with Gasteiger partial charge >= 0.3 is 0 Å². The molecule has 0 saturated heterocycles. The van der Waals surface area contributed by atoms with Crippen LogP contribution < -0.4 is 4.74 Å². The number of hydrogen-bond donors (Lipinski definition) is 1. The van der Waals surface area contributed by atoms with Crippen LogP contribution >= 0.6 is 23.3 Å². The quantitative estimate of drug-likeness (QED) is 0.334. The summed E-state index contributed by atoms with van der Waals surface area (Å²) in [7, 11) is 1.61. The summed E-state index contributed by atoms with van der Waals surface area (Å²) in [6, 6.07) is 10.7. The number of rotatable bonds is 9. The number of benzene rings is 2. The summed E-state index contributed by atoms with van der Waals surface area (Å²) in [5.41, 5.74) is -0.790. The molecule has 0 aliphatic rings. The van der Waals surface area contributed by atoms with E-state index < -0.39 is 22.5 Å². The number of thioether (sulfide) groups is 1. The van der Waals surface area contributed by atoms with Gasteiger partial charge in [-0.2, -0.15) is 9.47 Å². The molecule has 0 radical (unpaired) electrons. The van der Waals surface area contributed by atoms with Gasteiger partial charge in [0.15, 0.2) is 10.2 Å². The minimum Gasteiger partial charge on any atom is -0.497 e. The first-order valence-corrected chi connectivity index (χ1v) is 11.9. The molecule has 0 bridgehead atoms. The van der Waals surface area contributed by atoms with Crippen LogP contribution in [-0.2, 0) is 12.1 Å². The summed E-state index contributed by atoms with van der Waals surface area (Å²) >= 11 is 2.43. The van der Waals surface area contributed by atoms with Crippen molar-refractivity contribution in [3.05, 3.63) is 83.7 Å². The minimum atomic E-state index is -1.72. The molecule has 176 valence electrons. The van der Waals surface area contributed by atoms with Gasteiger partial charge in [-0.3, -0.25) is 0 Å². The number of aliphatic hydroxyl groups is 1. The Morgan fingerprint density at radius 1 is 1.21 bits per heavy atom. The normalized spacial score (nSPS) is 14.3. The van der Waals surface area contributed by atoms with Gasteiger partial charge in [0.25, 0.3) is 0 Å². The lowest BCUT2D eigenvalue weighted by molar-refractivity contribution is 0.0133. The van der Waals surface area contributed by atoms with E-state index in [1.54, 1.807) is 20.1 Å². The second-order valence-electron chi connectivity index (χ2n) is 7.43. The van der Waals surface area contributed by atoms with Gasteiger partial charge in [-0.1, -0.05) is 36.0 Å². The Morgan fingerprint density at radius 3 is 2.68 bits per heavy atom. The highest BCUT2D eigenvalue weighted by Gasteiger charge is 2.40. The smallest absolute Gasteiger partial charge is 0.170 e. The summed E-state index contributed by atoms with van der Waals surface area (Å²) in [5.74, 6) is -0.270. The first-order chi connectivity index (χ1) is 16.4. The Labute approximate surface area is 203 Å². The summed E-state index contributed by atoms with van der Waals surface area (Å²) in [6.45, 7) is 1.67. The number of ether oxygens (including phenoxy) is 1. The lowest BCUT2D eigenvalue weighted by Crippen LogP contribution is -2.41. The van der Waals surface area contributed by atoms with Gasteiger partial charge in [0.1, 0.15) is 35.6 Å². The molecule has 4 rings (SSSR count). The molecule has 0 saturated carbocycles. The average Bonchev–Trinajstić information content (AvgIpc) is 3.50. The van der Waals surface area contributed by atoms with Crippen molar-refractivity contribution >= 4 is 35.4 Å². The zero-order chi connectivity index (χ0) is 24.1. The van der Waals surface area contributed by atoms with Crippen LogP contribution in [-0.4, -0.2) is 41.6 Å². The third-order valence-corrected chi connectivity index (χ3v) is 7.26. The fourth-order valence-electron chi connectivity index (χ4n) is 3.30. The molecule has 0 aliphatic carbocycles. The molecule has 2 atom stereocenters. The Bertz CT molecular complexity index is 1260. The van der Waals surface area contributed by atoms with Crippen LogP contribution in [0.4, 0.5) is 8.78 Å². The van der Waals surface area contributed by atoms with Gasteiger partial charge in [0, 0.05) is 16.9 Å². The van der Waals surface area contributed by atoms with Crippen molar-refractivity contribution in [1.29, 1.82) is 0 Å². The van der Waals surface area contributed by atoms with E-state index in [9.17, 15) is 13.9 Å². The van der Waals surface area contributed by atoms with Crippen molar-refractivity contribution in [2.24, 2.45) is 0 Å². The fraction of sp³-hybridized carbons (Fsp3) is 0.217. The van der Waals surface area contributed by atoms with E-state index >= 15 is 0 Å². The zero-order valence-corrected chi connectivity index (χ0v) is 19.9. The van der Waals surface area contributed by atoms with Crippen molar-refractivity contribution in [2.45, 2.75) is 28.7 Å². The van der Waals surface area contributed by atoms with Crippen molar-refractivity contribution in [3.8, 4) is 5.75 Å². The van der Waals surface area contributed by atoms with Gasteiger partial charge in [-0.05, 0) is 48.3 Å². The average molecular weight is 502 g/mol. The number of aromatic nitrogens is 5.